The molecule has 1 amide bonds. The van der Waals surface area contributed by atoms with Gasteiger partial charge in [0.25, 0.3) is 5.91 Å². The molecule has 0 aromatic heterocycles. The lowest BCUT2D eigenvalue weighted by atomic mass is 10.1. The molecule has 3 aliphatic rings. The number of hydrogen-bond donors (Lipinski definition) is 0. The third-order valence-electron chi connectivity index (χ3n) is 7.28. The number of carbonyl (C=O) groups excluding carboxylic acids is 1. The number of halogens is 2. The minimum absolute atomic E-state index is 0.00738. The molecule has 2 aromatic rings. The normalized spacial score (nSPS) is 22.1. The molecule has 188 valence electrons. The molecular weight excluding hydrogens is 493 g/mol. The number of likely N-dealkylation sites (tertiary alicyclic amines) is 1. The van der Waals surface area contributed by atoms with Crippen LogP contribution in [0, 0.1) is 11.7 Å². The maximum Gasteiger partial charge on any atom is 0.255 e. The minimum Gasteiger partial charge on any atom is -0.495 e. The van der Waals surface area contributed by atoms with Gasteiger partial charge in [0.15, 0.2) is 0 Å². The Balaban J connectivity index is 1.41. The van der Waals surface area contributed by atoms with E-state index in [2.05, 4.69) is 4.90 Å². The number of methoxy groups -OCH3 is 1. The first kappa shape index (κ1) is 24.3. The van der Waals surface area contributed by atoms with Crippen LogP contribution in [0.2, 0.25) is 5.02 Å². The smallest absolute Gasteiger partial charge is 0.255 e. The molecular formula is C25H29ClFN3O4S. The summed E-state index contributed by atoms with van der Waals surface area (Å²) in [5.41, 5.74) is 1.01. The topological polar surface area (TPSA) is 70.2 Å². The molecule has 0 unspecified atom stereocenters. The van der Waals surface area contributed by atoms with Crippen molar-refractivity contribution in [1.29, 1.82) is 0 Å². The van der Waals surface area contributed by atoms with Crippen LogP contribution in [0.3, 0.4) is 0 Å². The van der Waals surface area contributed by atoms with Gasteiger partial charge in [0.05, 0.1) is 28.3 Å². The second kappa shape index (κ2) is 9.26. The van der Waals surface area contributed by atoms with E-state index < -0.39 is 15.8 Å². The maximum atomic E-state index is 13.5. The fourth-order valence-electron chi connectivity index (χ4n) is 5.27. The predicted octanol–water partition coefficient (Wildman–Crippen LogP) is 4.01. The molecule has 2 saturated heterocycles. The number of ether oxygens (including phenoxy) is 1. The van der Waals surface area contributed by atoms with Gasteiger partial charge in [-0.15, -0.1) is 0 Å². The summed E-state index contributed by atoms with van der Waals surface area (Å²) < 4.78 is 47.0. The van der Waals surface area contributed by atoms with Crippen LogP contribution < -0.4 is 9.64 Å². The summed E-state index contributed by atoms with van der Waals surface area (Å²) in [5, 5.41) is 0.0969. The first-order valence-corrected chi connectivity index (χ1v) is 13.7. The van der Waals surface area contributed by atoms with E-state index in [4.69, 9.17) is 16.3 Å². The van der Waals surface area contributed by atoms with Crippen molar-refractivity contribution in [2.75, 3.05) is 38.7 Å². The molecule has 7 nitrogen and oxygen atoms in total. The number of carbonyl (C=O) groups is 1. The van der Waals surface area contributed by atoms with E-state index in [-0.39, 0.29) is 33.5 Å². The van der Waals surface area contributed by atoms with Gasteiger partial charge in [-0.2, -0.15) is 0 Å². The Morgan fingerprint density at radius 1 is 1.11 bits per heavy atom. The highest BCUT2D eigenvalue weighted by Gasteiger charge is 2.43. The molecule has 35 heavy (non-hydrogen) atoms. The van der Waals surface area contributed by atoms with Crippen molar-refractivity contribution in [1.82, 2.24) is 9.21 Å². The average Bonchev–Trinajstić information content (AvgIpc) is 3.61. The van der Waals surface area contributed by atoms with Crippen LogP contribution in [0.15, 0.2) is 41.3 Å². The molecule has 1 aliphatic carbocycles. The van der Waals surface area contributed by atoms with Crippen LogP contribution in [0.25, 0.3) is 0 Å². The standard InChI is InChI=1S/C25H29ClFN3O4S/c1-28(13-16-3-4-16)35(32,33)20-8-10-24(34-2)23(12-20)30-18-6-7-19(30)15-29(14-18)25(31)21-9-5-17(27)11-22(21)26/h5,8-12,16,18-19H,3-4,6-7,13-15H2,1-2H3/t18-,19+. The van der Waals surface area contributed by atoms with Crippen LogP contribution in [0.5, 0.6) is 5.75 Å². The van der Waals surface area contributed by atoms with Crippen molar-refractivity contribution in [3.05, 3.63) is 52.8 Å². The number of fused-ring (bicyclic) bond motifs is 2. The van der Waals surface area contributed by atoms with Crippen molar-refractivity contribution >= 4 is 33.2 Å². The van der Waals surface area contributed by atoms with E-state index in [0.717, 1.165) is 37.4 Å². The number of nitrogens with zero attached hydrogens (tertiary/aromatic N) is 3. The van der Waals surface area contributed by atoms with E-state index in [1.807, 2.05) is 0 Å². The highest BCUT2D eigenvalue weighted by atomic mass is 35.5. The fraction of sp³-hybridized carbons (Fsp3) is 0.480. The number of sulfonamides is 1. The average molecular weight is 522 g/mol. The zero-order chi connectivity index (χ0) is 24.9. The Labute approximate surface area is 210 Å². The van der Waals surface area contributed by atoms with Crippen molar-refractivity contribution in [3.8, 4) is 5.75 Å². The summed E-state index contributed by atoms with van der Waals surface area (Å²) in [6.45, 7) is 1.46. The molecule has 5 rings (SSSR count). The molecule has 2 atom stereocenters. The van der Waals surface area contributed by atoms with Crippen molar-refractivity contribution < 1.29 is 22.3 Å². The third-order valence-corrected chi connectivity index (χ3v) is 9.41. The van der Waals surface area contributed by atoms with Crippen molar-refractivity contribution in [2.45, 2.75) is 42.7 Å². The summed E-state index contributed by atoms with van der Waals surface area (Å²) in [4.78, 5) is 17.4. The minimum atomic E-state index is -3.62. The highest BCUT2D eigenvalue weighted by Crippen LogP contribution is 2.42. The molecule has 0 N–H and O–H groups in total. The Bertz CT molecular complexity index is 1240. The predicted molar refractivity (Wildman–Crippen MR) is 132 cm³/mol. The van der Waals surface area contributed by atoms with Gasteiger partial charge in [-0.3, -0.25) is 4.79 Å². The number of piperazine rings is 1. The van der Waals surface area contributed by atoms with Gasteiger partial charge in [0.2, 0.25) is 10.0 Å². The van der Waals surface area contributed by atoms with Gasteiger partial charge in [-0.25, -0.2) is 17.1 Å². The second-order valence-corrected chi connectivity index (χ2v) is 12.1. The van der Waals surface area contributed by atoms with E-state index in [1.54, 1.807) is 37.3 Å². The molecule has 0 spiro atoms. The fourth-order valence-corrected chi connectivity index (χ4v) is 6.79. The molecule has 10 heteroatoms. The van der Waals surface area contributed by atoms with Crippen LogP contribution in [-0.2, 0) is 10.0 Å². The summed E-state index contributed by atoms with van der Waals surface area (Å²) in [6, 6.07) is 8.83. The summed E-state index contributed by atoms with van der Waals surface area (Å²) in [7, 11) is -0.417. The van der Waals surface area contributed by atoms with Gasteiger partial charge in [0, 0.05) is 38.8 Å². The molecule has 0 radical (unpaired) electrons. The van der Waals surface area contributed by atoms with Crippen LogP contribution in [-0.4, -0.2) is 69.4 Å². The first-order chi connectivity index (χ1) is 16.7. The number of amides is 1. The Kier molecular flexibility index (Phi) is 6.44. The number of hydrogen-bond acceptors (Lipinski definition) is 5. The molecule has 2 heterocycles. The first-order valence-electron chi connectivity index (χ1n) is 11.9. The summed E-state index contributed by atoms with van der Waals surface area (Å²) in [6.07, 6.45) is 3.88. The summed E-state index contributed by atoms with van der Waals surface area (Å²) >= 11 is 6.14. The summed E-state index contributed by atoms with van der Waals surface area (Å²) in [5.74, 6) is 0.341. The van der Waals surface area contributed by atoms with E-state index in [0.29, 0.717) is 31.3 Å². The van der Waals surface area contributed by atoms with Crippen LogP contribution >= 0.6 is 11.6 Å². The lowest BCUT2D eigenvalue weighted by molar-refractivity contribution is 0.0718. The van der Waals surface area contributed by atoms with Gasteiger partial charge in [-0.05, 0) is 68.0 Å². The van der Waals surface area contributed by atoms with Crippen LogP contribution in [0.1, 0.15) is 36.0 Å². The molecule has 2 aromatic carbocycles. The number of rotatable bonds is 7. The lowest BCUT2D eigenvalue weighted by Gasteiger charge is -2.43. The SMILES string of the molecule is COc1ccc(S(=O)(=O)N(C)CC2CC2)cc1N1[C@@H]2CC[C@H]1CN(C(=O)c1ccc(F)cc1Cl)C2. The molecule has 2 bridgehead atoms. The molecule has 2 aliphatic heterocycles. The Morgan fingerprint density at radius 2 is 1.80 bits per heavy atom. The number of anilines is 1. The second-order valence-electron chi connectivity index (χ2n) is 9.69. The van der Waals surface area contributed by atoms with Crippen LogP contribution in [0.4, 0.5) is 10.1 Å². The maximum absolute atomic E-state index is 13.5. The quantitative estimate of drug-likeness (QED) is 0.550. The zero-order valence-corrected chi connectivity index (χ0v) is 21.4. The molecule has 3 fully saturated rings. The lowest BCUT2D eigenvalue weighted by Crippen LogP contribution is -2.55. The molecule has 1 saturated carbocycles. The van der Waals surface area contributed by atoms with Gasteiger partial charge in [-0.1, -0.05) is 11.6 Å². The Hall–Kier alpha value is -2.36. The largest absolute Gasteiger partial charge is 0.495 e. The van der Waals surface area contributed by atoms with E-state index in [1.165, 1.54) is 16.4 Å². The van der Waals surface area contributed by atoms with Gasteiger partial charge in [0.1, 0.15) is 11.6 Å². The van der Waals surface area contributed by atoms with Gasteiger partial charge < -0.3 is 14.5 Å². The highest BCUT2D eigenvalue weighted by molar-refractivity contribution is 7.89. The monoisotopic (exact) mass is 521 g/mol. The number of benzene rings is 2. The Morgan fingerprint density at radius 3 is 2.40 bits per heavy atom. The third kappa shape index (κ3) is 4.61. The van der Waals surface area contributed by atoms with Crippen molar-refractivity contribution in [3.63, 3.8) is 0 Å². The van der Waals surface area contributed by atoms with Gasteiger partial charge >= 0.3 is 0 Å². The van der Waals surface area contributed by atoms with E-state index in [9.17, 15) is 17.6 Å². The van der Waals surface area contributed by atoms with E-state index >= 15 is 0 Å². The zero-order valence-electron chi connectivity index (χ0n) is 19.8. The van der Waals surface area contributed by atoms with Crippen molar-refractivity contribution in [2.24, 2.45) is 5.92 Å².